The van der Waals surface area contributed by atoms with Crippen LogP contribution in [0.4, 0.5) is 0 Å². The molecule has 0 aliphatic rings. The first-order valence-corrected chi connectivity index (χ1v) is 9.03. The van der Waals surface area contributed by atoms with Crippen molar-refractivity contribution in [2.24, 2.45) is 0 Å². The van der Waals surface area contributed by atoms with Crippen LogP contribution in [0.2, 0.25) is 18.1 Å². The molecule has 1 aromatic rings. The van der Waals surface area contributed by atoms with Gasteiger partial charge in [-0.3, -0.25) is 0 Å². The van der Waals surface area contributed by atoms with Gasteiger partial charge in [0, 0.05) is 12.4 Å². The lowest BCUT2D eigenvalue weighted by Gasteiger charge is -2.35. The van der Waals surface area contributed by atoms with E-state index in [0.29, 0.717) is 6.61 Å². The Hall–Kier alpha value is -0.263. The van der Waals surface area contributed by atoms with Gasteiger partial charge in [-0.1, -0.05) is 20.8 Å². The highest BCUT2D eigenvalue weighted by Crippen LogP contribution is 2.36. The predicted molar refractivity (Wildman–Crippen MR) is 71.7 cm³/mol. The zero-order chi connectivity index (χ0) is 12.4. The van der Waals surface area contributed by atoms with E-state index in [0.717, 1.165) is 10.3 Å². The summed E-state index contributed by atoms with van der Waals surface area (Å²) < 4.78 is 6.91. The summed E-state index contributed by atoms with van der Waals surface area (Å²) in [5.41, 5.74) is 0. The molecule has 1 rings (SSSR count). The summed E-state index contributed by atoms with van der Waals surface area (Å²) in [4.78, 5) is 8.41. The van der Waals surface area contributed by atoms with Crippen LogP contribution >= 0.6 is 15.9 Å². The lowest BCUT2D eigenvalue weighted by atomic mass is 10.2. The molecule has 0 radical (unpaired) electrons. The first-order valence-electron chi connectivity index (χ1n) is 5.33. The molecule has 0 fully saturated rings. The van der Waals surface area contributed by atoms with Crippen LogP contribution in [-0.4, -0.2) is 18.3 Å². The van der Waals surface area contributed by atoms with Crippen molar-refractivity contribution in [2.45, 2.75) is 45.5 Å². The zero-order valence-electron chi connectivity index (χ0n) is 10.5. The van der Waals surface area contributed by atoms with Crippen LogP contribution in [0.5, 0.6) is 0 Å². The van der Waals surface area contributed by atoms with Gasteiger partial charge in [0.1, 0.15) is 0 Å². The molecule has 0 saturated heterocycles. The second-order valence-corrected chi connectivity index (χ2v) is 11.1. The number of rotatable bonds is 3. The van der Waals surface area contributed by atoms with Gasteiger partial charge in [-0.05, 0) is 34.1 Å². The zero-order valence-corrected chi connectivity index (χ0v) is 13.1. The van der Waals surface area contributed by atoms with E-state index in [-0.39, 0.29) is 5.04 Å². The SMILES string of the molecule is CC(C)(C)[Si](C)(C)OCc1ncc(Br)cn1. The van der Waals surface area contributed by atoms with Gasteiger partial charge < -0.3 is 4.43 Å². The van der Waals surface area contributed by atoms with Crippen molar-refractivity contribution in [1.82, 2.24) is 9.97 Å². The molecule has 0 saturated carbocycles. The smallest absolute Gasteiger partial charge is 0.192 e. The van der Waals surface area contributed by atoms with Crippen LogP contribution in [0.25, 0.3) is 0 Å². The number of aromatic nitrogens is 2. The lowest BCUT2D eigenvalue weighted by molar-refractivity contribution is 0.267. The highest BCUT2D eigenvalue weighted by Gasteiger charge is 2.37. The van der Waals surface area contributed by atoms with Gasteiger partial charge in [0.15, 0.2) is 14.1 Å². The van der Waals surface area contributed by atoms with E-state index in [4.69, 9.17) is 4.43 Å². The van der Waals surface area contributed by atoms with Gasteiger partial charge >= 0.3 is 0 Å². The number of hydrogen-bond acceptors (Lipinski definition) is 3. The fourth-order valence-corrected chi connectivity index (χ4v) is 2.00. The molecule has 0 N–H and O–H groups in total. The topological polar surface area (TPSA) is 35.0 Å². The van der Waals surface area contributed by atoms with Crippen molar-refractivity contribution < 1.29 is 4.43 Å². The van der Waals surface area contributed by atoms with Crippen molar-refractivity contribution in [3.05, 3.63) is 22.7 Å². The third-order valence-corrected chi connectivity index (χ3v) is 7.93. The molecule has 0 aromatic carbocycles. The van der Waals surface area contributed by atoms with Gasteiger partial charge in [0.2, 0.25) is 0 Å². The van der Waals surface area contributed by atoms with Crippen LogP contribution in [0.15, 0.2) is 16.9 Å². The standard InChI is InChI=1S/C11H19BrN2OSi/c1-11(2,3)16(4,5)15-8-10-13-6-9(12)7-14-10/h6-7H,8H2,1-5H3. The van der Waals surface area contributed by atoms with Gasteiger partial charge in [-0.25, -0.2) is 9.97 Å². The summed E-state index contributed by atoms with van der Waals surface area (Å²) in [7, 11) is -1.69. The predicted octanol–water partition coefficient (Wildman–Crippen LogP) is 3.76. The largest absolute Gasteiger partial charge is 0.409 e. The van der Waals surface area contributed by atoms with Crippen molar-refractivity contribution in [2.75, 3.05) is 0 Å². The van der Waals surface area contributed by atoms with Crippen LogP contribution in [0, 0.1) is 0 Å². The van der Waals surface area contributed by atoms with Gasteiger partial charge in [-0.15, -0.1) is 0 Å². The average Bonchev–Trinajstić information content (AvgIpc) is 2.15. The molecule has 0 amide bonds. The molecule has 3 nitrogen and oxygen atoms in total. The fourth-order valence-electron chi connectivity index (χ4n) is 0.875. The van der Waals surface area contributed by atoms with Crippen molar-refractivity contribution in [3.63, 3.8) is 0 Å². The Labute approximate surface area is 107 Å². The minimum absolute atomic E-state index is 0.225. The average molecular weight is 303 g/mol. The van der Waals surface area contributed by atoms with Crippen LogP contribution in [0.3, 0.4) is 0 Å². The first kappa shape index (κ1) is 13.8. The van der Waals surface area contributed by atoms with E-state index >= 15 is 0 Å². The summed E-state index contributed by atoms with van der Waals surface area (Å²) in [6.07, 6.45) is 3.49. The summed E-state index contributed by atoms with van der Waals surface area (Å²) in [5.74, 6) is 0.744. The van der Waals surface area contributed by atoms with Crippen LogP contribution in [-0.2, 0) is 11.0 Å². The van der Waals surface area contributed by atoms with E-state index in [1.54, 1.807) is 12.4 Å². The molecular weight excluding hydrogens is 284 g/mol. The Morgan fingerprint density at radius 1 is 1.25 bits per heavy atom. The Balaban J connectivity index is 2.61. The fraction of sp³-hybridized carbons (Fsp3) is 0.636. The van der Waals surface area contributed by atoms with Gasteiger partial charge in [-0.2, -0.15) is 0 Å². The number of halogens is 1. The second-order valence-electron chi connectivity index (χ2n) is 5.37. The van der Waals surface area contributed by atoms with Crippen molar-refractivity contribution in [3.8, 4) is 0 Å². The summed E-state index contributed by atoms with van der Waals surface area (Å²) in [6.45, 7) is 11.6. The summed E-state index contributed by atoms with van der Waals surface area (Å²) >= 11 is 3.31. The normalized spacial score (nSPS) is 12.9. The highest BCUT2D eigenvalue weighted by atomic mass is 79.9. The first-order chi connectivity index (χ1) is 7.22. The summed E-state index contributed by atoms with van der Waals surface area (Å²) in [5, 5.41) is 0.225. The van der Waals surface area contributed by atoms with Crippen LogP contribution < -0.4 is 0 Å². The Kier molecular flexibility index (Phi) is 4.26. The molecule has 0 aliphatic carbocycles. The molecule has 0 atom stereocenters. The maximum Gasteiger partial charge on any atom is 0.192 e. The van der Waals surface area contributed by atoms with Crippen molar-refractivity contribution in [1.29, 1.82) is 0 Å². The Bertz CT molecular complexity index is 346. The van der Waals surface area contributed by atoms with E-state index in [9.17, 15) is 0 Å². The Morgan fingerprint density at radius 2 is 1.75 bits per heavy atom. The molecule has 16 heavy (non-hydrogen) atoms. The van der Waals surface area contributed by atoms with Crippen molar-refractivity contribution >= 4 is 24.2 Å². The molecular formula is C11H19BrN2OSi. The maximum atomic E-state index is 6.02. The summed E-state index contributed by atoms with van der Waals surface area (Å²) in [6, 6.07) is 0. The third kappa shape index (κ3) is 3.64. The van der Waals surface area contributed by atoms with E-state index < -0.39 is 8.32 Å². The molecule has 0 aliphatic heterocycles. The quantitative estimate of drug-likeness (QED) is 0.797. The molecule has 5 heteroatoms. The van der Waals surface area contributed by atoms with Gasteiger partial charge in [0.05, 0.1) is 11.1 Å². The maximum absolute atomic E-state index is 6.02. The highest BCUT2D eigenvalue weighted by molar-refractivity contribution is 9.10. The molecule has 90 valence electrons. The molecule has 0 bridgehead atoms. The molecule has 1 heterocycles. The van der Waals surface area contributed by atoms with E-state index in [1.165, 1.54) is 0 Å². The van der Waals surface area contributed by atoms with Gasteiger partial charge in [0.25, 0.3) is 0 Å². The van der Waals surface area contributed by atoms with E-state index in [1.807, 2.05) is 0 Å². The van der Waals surface area contributed by atoms with Crippen LogP contribution in [0.1, 0.15) is 26.6 Å². The number of hydrogen-bond donors (Lipinski definition) is 0. The molecule has 1 aromatic heterocycles. The minimum atomic E-state index is -1.69. The Morgan fingerprint density at radius 3 is 2.19 bits per heavy atom. The number of nitrogens with zero attached hydrogens (tertiary/aromatic N) is 2. The molecule has 0 spiro atoms. The third-order valence-electron chi connectivity index (χ3n) is 3.04. The monoisotopic (exact) mass is 302 g/mol. The second kappa shape index (κ2) is 4.94. The van der Waals surface area contributed by atoms with E-state index in [2.05, 4.69) is 59.8 Å². The molecule has 0 unspecified atom stereocenters. The minimum Gasteiger partial charge on any atom is -0.409 e. The lowest BCUT2D eigenvalue weighted by Crippen LogP contribution is -2.40.